The van der Waals surface area contributed by atoms with E-state index in [2.05, 4.69) is 0 Å². The molecule has 0 bridgehead atoms. The normalized spacial score (nSPS) is 16.7. The van der Waals surface area contributed by atoms with E-state index in [1.54, 1.807) is 4.90 Å². The fourth-order valence-corrected chi connectivity index (χ4v) is 1.55. The number of carbonyl (C=O) groups excluding carboxylic acids is 1. The van der Waals surface area contributed by atoms with Crippen LogP contribution in [-0.2, 0) is 9.47 Å². The molecule has 4 nitrogen and oxygen atoms in total. The highest BCUT2D eigenvalue weighted by molar-refractivity contribution is 5.67. The Labute approximate surface area is 90.8 Å². The highest BCUT2D eigenvalue weighted by Gasteiger charge is 2.16. The summed E-state index contributed by atoms with van der Waals surface area (Å²) in [6.07, 6.45) is 3.58. The molecular weight excluding hydrogens is 194 g/mol. The molecule has 0 aromatic carbocycles. The molecule has 0 fully saturated rings. The molecule has 1 aliphatic heterocycles. The van der Waals surface area contributed by atoms with E-state index in [4.69, 9.17) is 9.47 Å². The van der Waals surface area contributed by atoms with E-state index in [1.165, 1.54) is 0 Å². The minimum Gasteiger partial charge on any atom is -0.498 e. The van der Waals surface area contributed by atoms with Crippen LogP contribution in [0, 0.1) is 0 Å². The summed E-state index contributed by atoms with van der Waals surface area (Å²) in [7, 11) is 0. The van der Waals surface area contributed by atoms with Gasteiger partial charge in [0.15, 0.2) is 0 Å². The zero-order valence-electron chi connectivity index (χ0n) is 9.49. The standard InChI is InChI=1S/C11H19NO3/c1-3-14-10-6-5-8-12(9-7-10)11(13)15-4-2/h7H,3-6,8-9H2,1-2H3. The molecule has 0 aromatic rings. The topological polar surface area (TPSA) is 38.8 Å². The zero-order chi connectivity index (χ0) is 11.1. The first kappa shape index (κ1) is 11.9. The van der Waals surface area contributed by atoms with Crippen molar-refractivity contribution in [3.63, 3.8) is 0 Å². The smallest absolute Gasteiger partial charge is 0.410 e. The van der Waals surface area contributed by atoms with Crippen molar-refractivity contribution < 1.29 is 14.3 Å². The average Bonchev–Trinajstić information content (AvgIpc) is 2.44. The Morgan fingerprint density at radius 1 is 1.47 bits per heavy atom. The average molecular weight is 213 g/mol. The number of hydrogen-bond donors (Lipinski definition) is 0. The van der Waals surface area contributed by atoms with Gasteiger partial charge in [0.25, 0.3) is 0 Å². The van der Waals surface area contributed by atoms with Crippen molar-refractivity contribution in [1.82, 2.24) is 4.90 Å². The molecule has 0 aromatic heterocycles. The van der Waals surface area contributed by atoms with E-state index < -0.39 is 0 Å². The largest absolute Gasteiger partial charge is 0.498 e. The maximum Gasteiger partial charge on any atom is 0.410 e. The maximum atomic E-state index is 11.4. The van der Waals surface area contributed by atoms with Gasteiger partial charge in [0.05, 0.1) is 19.0 Å². The van der Waals surface area contributed by atoms with Crippen molar-refractivity contribution in [3.05, 3.63) is 11.8 Å². The van der Waals surface area contributed by atoms with Crippen LogP contribution in [0.15, 0.2) is 11.8 Å². The summed E-state index contributed by atoms with van der Waals surface area (Å²) in [5.41, 5.74) is 0. The van der Waals surface area contributed by atoms with Crippen LogP contribution in [0.25, 0.3) is 0 Å². The van der Waals surface area contributed by atoms with Crippen LogP contribution in [0.3, 0.4) is 0 Å². The van der Waals surface area contributed by atoms with Crippen molar-refractivity contribution in [3.8, 4) is 0 Å². The lowest BCUT2D eigenvalue weighted by Crippen LogP contribution is -2.32. The molecule has 86 valence electrons. The molecule has 15 heavy (non-hydrogen) atoms. The summed E-state index contributed by atoms with van der Waals surface area (Å²) >= 11 is 0. The summed E-state index contributed by atoms with van der Waals surface area (Å²) in [4.78, 5) is 13.2. The van der Waals surface area contributed by atoms with Gasteiger partial charge in [-0.3, -0.25) is 0 Å². The molecule has 1 amide bonds. The number of amides is 1. The molecule has 1 aliphatic rings. The fraction of sp³-hybridized carbons (Fsp3) is 0.727. The third-order valence-electron chi connectivity index (χ3n) is 2.25. The summed E-state index contributed by atoms with van der Waals surface area (Å²) in [5.74, 6) is 0.990. The van der Waals surface area contributed by atoms with Crippen molar-refractivity contribution in [2.75, 3.05) is 26.3 Å². The highest BCUT2D eigenvalue weighted by Crippen LogP contribution is 2.13. The molecule has 0 N–H and O–H groups in total. The summed E-state index contributed by atoms with van der Waals surface area (Å²) in [6.45, 7) is 6.23. The maximum absolute atomic E-state index is 11.4. The first-order chi connectivity index (χ1) is 7.27. The SMILES string of the molecule is CCOC(=O)N1CC=C(OCC)CCC1. The monoisotopic (exact) mass is 213 g/mol. The minimum absolute atomic E-state index is 0.230. The molecule has 0 saturated carbocycles. The molecule has 0 radical (unpaired) electrons. The van der Waals surface area contributed by atoms with Gasteiger partial charge in [0.1, 0.15) is 0 Å². The predicted octanol–water partition coefficient (Wildman–Crippen LogP) is 2.16. The van der Waals surface area contributed by atoms with Crippen LogP contribution >= 0.6 is 0 Å². The van der Waals surface area contributed by atoms with Crippen molar-refractivity contribution in [2.45, 2.75) is 26.7 Å². The van der Waals surface area contributed by atoms with Gasteiger partial charge in [0, 0.05) is 19.5 Å². The van der Waals surface area contributed by atoms with Gasteiger partial charge in [-0.2, -0.15) is 0 Å². The number of ether oxygens (including phenoxy) is 2. The number of rotatable bonds is 3. The lowest BCUT2D eigenvalue weighted by molar-refractivity contribution is 0.111. The van der Waals surface area contributed by atoms with E-state index in [1.807, 2.05) is 19.9 Å². The van der Waals surface area contributed by atoms with Gasteiger partial charge in [-0.25, -0.2) is 4.79 Å². The Kier molecular flexibility index (Phi) is 5.01. The van der Waals surface area contributed by atoms with E-state index >= 15 is 0 Å². The van der Waals surface area contributed by atoms with Crippen LogP contribution in [0.2, 0.25) is 0 Å². The van der Waals surface area contributed by atoms with Gasteiger partial charge in [-0.15, -0.1) is 0 Å². The first-order valence-electron chi connectivity index (χ1n) is 5.51. The Morgan fingerprint density at radius 3 is 2.93 bits per heavy atom. The molecule has 0 spiro atoms. The number of allylic oxidation sites excluding steroid dienone is 1. The summed E-state index contributed by atoms with van der Waals surface area (Å²) in [6, 6.07) is 0. The van der Waals surface area contributed by atoms with Gasteiger partial charge in [-0.1, -0.05) is 0 Å². The quantitative estimate of drug-likeness (QED) is 0.721. The van der Waals surface area contributed by atoms with Crippen molar-refractivity contribution in [1.29, 1.82) is 0 Å². The first-order valence-corrected chi connectivity index (χ1v) is 5.51. The van der Waals surface area contributed by atoms with Gasteiger partial charge < -0.3 is 14.4 Å². The predicted molar refractivity (Wildman–Crippen MR) is 57.5 cm³/mol. The third-order valence-corrected chi connectivity index (χ3v) is 2.25. The Bertz CT molecular complexity index is 238. The van der Waals surface area contributed by atoms with Crippen LogP contribution < -0.4 is 0 Å². The number of nitrogens with zero attached hydrogens (tertiary/aromatic N) is 1. The van der Waals surface area contributed by atoms with E-state index in [-0.39, 0.29) is 6.09 Å². The number of hydrogen-bond acceptors (Lipinski definition) is 3. The van der Waals surface area contributed by atoms with Crippen molar-refractivity contribution in [2.24, 2.45) is 0 Å². The van der Waals surface area contributed by atoms with Crippen LogP contribution in [0.4, 0.5) is 4.79 Å². The van der Waals surface area contributed by atoms with Gasteiger partial charge in [0.2, 0.25) is 0 Å². The lowest BCUT2D eigenvalue weighted by Gasteiger charge is -2.17. The molecule has 1 heterocycles. The van der Waals surface area contributed by atoms with Crippen LogP contribution in [0.1, 0.15) is 26.7 Å². The zero-order valence-corrected chi connectivity index (χ0v) is 9.49. The van der Waals surface area contributed by atoms with Crippen LogP contribution in [0.5, 0.6) is 0 Å². The summed E-state index contributed by atoms with van der Waals surface area (Å²) < 4.78 is 10.4. The lowest BCUT2D eigenvalue weighted by atomic mass is 10.3. The second kappa shape index (κ2) is 6.32. The van der Waals surface area contributed by atoms with E-state index in [0.717, 1.165) is 25.1 Å². The fourth-order valence-electron chi connectivity index (χ4n) is 1.55. The Balaban J connectivity index is 2.46. The second-order valence-electron chi connectivity index (χ2n) is 3.35. The summed E-state index contributed by atoms with van der Waals surface area (Å²) in [5, 5.41) is 0. The molecule has 0 unspecified atom stereocenters. The third kappa shape index (κ3) is 3.81. The number of carbonyl (C=O) groups is 1. The minimum atomic E-state index is -0.230. The second-order valence-corrected chi connectivity index (χ2v) is 3.35. The molecule has 0 atom stereocenters. The van der Waals surface area contributed by atoms with E-state index in [0.29, 0.717) is 19.8 Å². The van der Waals surface area contributed by atoms with Crippen molar-refractivity contribution >= 4 is 6.09 Å². The molecule has 1 rings (SSSR count). The van der Waals surface area contributed by atoms with E-state index in [9.17, 15) is 4.79 Å². The highest BCUT2D eigenvalue weighted by atomic mass is 16.6. The van der Waals surface area contributed by atoms with Gasteiger partial charge in [-0.05, 0) is 26.3 Å². The molecule has 4 heteroatoms. The Hall–Kier alpha value is -1.19. The molecular formula is C11H19NO3. The molecule has 0 aliphatic carbocycles. The van der Waals surface area contributed by atoms with Gasteiger partial charge >= 0.3 is 6.09 Å². The van der Waals surface area contributed by atoms with Crippen LogP contribution in [-0.4, -0.2) is 37.3 Å². The molecule has 0 saturated heterocycles. The Morgan fingerprint density at radius 2 is 2.27 bits per heavy atom.